The number of nitrogens with one attached hydrogen (secondary N) is 1. The molecule has 2 aliphatic rings. The van der Waals surface area contributed by atoms with Crippen LogP contribution in [0.2, 0.25) is 0 Å². The summed E-state index contributed by atoms with van der Waals surface area (Å²) < 4.78 is 0.897. The number of benzene rings is 2. The molecule has 4 rings (SSSR count). The summed E-state index contributed by atoms with van der Waals surface area (Å²) in [6, 6.07) is 16.9. The van der Waals surface area contributed by atoms with Gasteiger partial charge in [-0.05, 0) is 30.3 Å². The van der Waals surface area contributed by atoms with Crippen molar-refractivity contribution < 1.29 is 14.4 Å². The Kier molecular flexibility index (Phi) is 7.22. The zero-order valence-electron chi connectivity index (χ0n) is 17.9. The van der Waals surface area contributed by atoms with E-state index in [1.54, 1.807) is 4.90 Å². The Balaban J connectivity index is 1.18. The van der Waals surface area contributed by atoms with E-state index in [0.717, 1.165) is 29.8 Å². The van der Waals surface area contributed by atoms with Gasteiger partial charge in [0.1, 0.15) is 0 Å². The van der Waals surface area contributed by atoms with Gasteiger partial charge in [0.2, 0.25) is 11.8 Å². The highest BCUT2D eigenvalue weighted by atomic mass is 79.9. The van der Waals surface area contributed by atoms with Crippen molar-refractivity contribution >= 4 is 39.3 Å². The third-order valence-corrected chi connectivity index (χ3v) is 6.52. The van der Waals surface area contributed by atoms with Gasteiger partial charge in [0.25, 0.3) is 5.91 Å². The molecule has 1 unspecified atom stereocenters. The van der Waals surface area contributed by atoms with E-state index in [2.05, 4.69) is 26.1 Å². The van der Waals surface area contributed by atoms with Gasteiger partial charge in [-0.2, -0.15) is 0 Å². The molecule has 2 aliphatic heterocycles. The summed E-state index contributed by atoms with van der Waals surface area (Å²) in [7, 11) is 0. The summed E-state index contributed by atoms with van der Waals surface area (Å²) in [5.41, 5.74) is 1.53. The first-order chi connectivity index (χ1) is 15.5. The molecule has 0 saturated carbocycles. The number of para-hydroxylation sites is 1. The van der Waals surface area contributed by atoms with Gasteiger partial charge in [-0.1, -0.05) is 40.2 Å². The number of hydrogen-bond acceptors (Lipinski definition) is 4. The van der Waals surface area contributed by atoms with Crippen molar-refractivity contribution in [1.29, 1.82) is 0 Å². The maximum atomic E-state index is 12.7. The first kappa shape index (κ1) is 22.5. The molecule has 2 aromatic carbocycles. The molecule has 7 nitrogen and oxygen atoms in total. The topological polar surface area (TPSA) is 73.0 Å². The van der Waals surface area contributed by atoms with E-state index in [4.69, 9.17) is 0 Å². The highest BCUT2D eigenvalue weighted by Gasteiger charge is 2.35. The lowest BCUT2D eigenvalue weighted by molar-refractivity contribution is -0.126. The maximum absolute atomic E-state index is 12.7. The van der Waals surface area contributed by atoms with Crippen LogP contribution in [0.1, 0.15) is 16.8 Å². The van der Waals surface area contributed by atoms with Gasteiger partial charge in [-0.15, -0.1) is 0 Å². The molecule has 0 spiro atoms. The number of amides is 3. The second-order valence-corrected chi connectivity index (χ2v) is 9.09. The van der Waals surface area contributed by atoms with Crippen molar-refractivity contribution in [1.82, 2.24) is 15.1 Å². The van der Waals surface area contributed by atoms with Gasteiger partial charge < -0.3 is 15.1 Å². The molecule has 0 aromatic heterocycles. The Morgan fingerprint density at radius 1 is 1.00 bits per heavy atom. The fraction of sp³-hybridized carbons (Fsp3) is 0.375. The maximum Gasteiger partial charge on any atom is 0.253 e. The molecule has 168 valence electrons. The third-order valence-electron chi connectivity index (χ3n) is 6.02. The van der Waals surface area contributed by atoms with Crippen molar-refractivity contribution in [2.75, 3.05) is 50.7 Å². The molecule has 2 aromatic rings. The van der Waals surface area contributed by atoms with Crippen LogP contribution in [0, 0.1) is 5.92 Å². The highest BCUT2D eigenvalue weighted by molar-refractivity contribution is 9.10. The van der Waals surface area contributed by atoms with Crippen molar-refractivity contribution in [2.45, 2.75) is 6.42 Å². The number of nitrogens with zero attached hydrogens (tertiary/aromatic N) is 3. The minimum Gasteiger partial charge on any atom is -0.355 e. The Hall–Kier alpha value is -2.71. The van der Waals surface area contributed by atoms with Crippen molar-refractivity contribution in [2.24, 2.45) is 5.92 Å². The fourth-order valence-electron chi connectivity index (χ4n) is 4.20. The number of piperazine rings is 1. The molecule has 2 fully saturated rings. The summed E-state index contributed by atoms with van der Waals surface area (Å²) in [4.78, 5) is 43.4. The molecule has 1 atom stereocenters. The Morgan fingerprint density at radius 3 is 2.47 bits per heavy atom. The van der Waals surface area contributed by atoms with Gasteiger partial charge >= 0.3 is 0 Å². The molecule has 8 heteroatoms. The van der Waals surface area contributed by atoms with Crippen molar-refractivity contribution in [3.63, 3.8) is 0 Å². The first-order valence-electron chi connectivity index (χ1n) is 10.9. The average molecular weight is 499 g/mol. The van der Waals surface area contributed by atoms with E-state index in [1.807, 2.05) is 59.5 Å². The molecule has 1 N–H and O–H groups in total. The van der Waals surface area contributed by atoms with E-state index < -0.39 is 0 Å². The van der Waals surface area contributed by atoms with Crippen LogP contribution in [0.4, 0.5) is 5.69 Å². The van der Waals surface area contributed by atoms with Crippen LogP contribution < -0.4 is 10.2 Å². The molecule has 32 heavy (non-hydrogen) atoms. The Morgan fingerprint density at radius 2 is 1.75 bits per heavy atom. The summed E-state index contributed by atoms with van der Waals surface area (Å²) in [5.74, 6) is -0.349. The van der Waals surface area contributed by atoms with Crippen LogP contribution in [-0.2, 0) is 9.59 Å². The van der Waals surface area contributed by atoms with Gasteiger partial charge in [-0.25, -0.2) is 0 Å². The normalized spacial score (nSPS) is 19.3. The quantitative estimate of drug-likeness (QED) is 0.663. The average Bonchev–Trinajstić information content (AvgIpc) is 3.21. The number of carbonyl (C=O) groups is 3. The lowest BCUT2D eigenvalue weighted by atomic mass is 10.1. The lowest BCUT2D eigenvalue weighted by Crippen LogP contribution is -2.50. The second-order valence-electron chi connectivity index (χ2n) is 8.18. The first-order valence-corrected chi connectivity index (χ1v) is 11.7. The van der Waals surface area contributed by atoms with Gasteiger partial charge in [0, 0.05) is 68.0 Å². The summed E-state index contributed by atoms with van der Waals surface area (Å²) in [6.07, 6.45) is 0.247. The molecule has 0 bridgehead atoms. The summed E-state index contributed by atoms with van der Waals surface area (Å²) in [5, 5.41) is 2.99. The molecule has 0 aliphatic carbocycles. The number of halogens is 1. The Labute approximate surface area is 196 Å². The highest BCUT2D eigenvalue weighted by Crippen LogP contribution is 2.24. The van der Waals surface area contributed by atoms with Crippen LogP contribution >= 0.6 is 15.9 Å². The van der Waals surface area contributed by atoms with Gasteiger partial charge in [-0.3, -0.25) is 19.3 Å². The van der Waals surface area contributed by atoms with E-state index in [9.17, 15) is 14.4 Å². The number of rotatable bonds is 6. The van der Waals surface area contributed by atoms with Crippen molar-refractivity contribution in [3.05, 3.63) is 64.6 Å². The van der Waals surface area contributed by atoms with E-state index >= 15 is 0 Å². The van der Waals surface area contributed by atoms with Crippen LogP contribution in [0.25, 0.3) is 0 Å². The van der Waals surface area contributed by atoms with E-state index in [0.29, 0.717) is 31.7 Å². The van der Waals surface area contributed by atoms with E-state index in [-0.39, 0.29) is 30.1 Å². The number of carbonyl (C=O) groups excluding carboxylic acids is 3. The largest absolute Gasteiger partial charge is 0.355 e. The second kappa shape index (κ2) is 10.3. The minimum absolute atomic E-state index is 0.0115. The smallest absolute Gasteiger partial charge is 0.253 e. The van der Waals surface area contributed by atoms with Crippen LogP contribution in [-0.4, -0.2) is 73.3 Å². The van der Waals surface area contributed by atoms with Crippen LogP contribution in [0.15, 0.2) is 59.1 Å². The molecule has 3 amide bonds. The predicted octanol–water partition coefficient (Wildman–Crippen LogP) is 2.38. The Bertz CT molecular complexity index is 976. The lowest BCUT2D eigenvalue weighted by Gasteiger charge is -2.34. The number of anilines is 1. The minimum atomic E-state index is -0.317. The molecular formula is C24H27BrN4O3. The molecule has 2 saturated heterocycles. The summed E-state index contributed by atoms with van der Waals surface area (Å²) in [6.45, 7) is 4.58. The standard InChI is InChI=1S/C24H27BrN4O3/c25-20-6-4-5-18(15-20)24(32)28-13-11-27(12-14-28)10-9-26-23(31)19-16-22(30)29(17-19)21-7-2-1-3-8-21/h1-8,15,19H,9-14,16-17H2,(H,26,31). The molecule has 2 heterocycles. The zero-order valence-corrected chi connectivity index (χ0v) is 19.5. The van der Waals surface area contributed by atoms with Crippen LogP contribution in [0.3, 0.4) is 0 Å². The van der Waals surface area contributed by atoms with E-state index in [1.165, 1.54) is 0 Å². The van der Waals surface area contributed by atoms with Crippen LogP contribution in [0.5, 0.6) is 0 Å². The monoisotopic (exact) mass is 498 g/mol. The predicted molar refractivity (Wildman–Crippen MR) is 126 cm³/mol. The SMILES string of the molecule is O=C(NCCN1CCN(C(=O)c2cccc(Br)c2)CC1)C1CC(=O)N(c2ccccc2)C1. The van der Waals surface area contributed by atoms with Gasteiger partial charge in [0.05, 0.1) is 5.92 Å². The fourth-order valence-corrected chi connectivity index (χ4v) is 4.60. The molecule has 0 radical (unpaired) electrons. The number of hydrogen-bond donors (Lipinski definition) is 1. The zero-order chi connectivity index (χ0) is 22.5. The van der Waals surface area contributed by atoms with Crippen molar-refractivity contribution in [3.8, 4) is 0 Å². The molecular weight excluding hydrogens is 472 g/mol. The van der Waals surface area contributed by atoms with Gasteiger partial charge in [0.15, 0.2) is 0 Å². The summed E-state index contributed by atoms with van der Waals surface area (Å²) >= 11 is 3.41. The third kappa shape index (κ3) is 5.37.